The molecule has 2 rings (SSSR count). The van der Waals surface area contributed by atoms with Gasteiger partial charge >= 0.3 is 0 Å². The molecule has 12 heavy (non-hydrogen) atoms. The minimum atomic E-state index is -0.377. The fourth-order valence-corrected chi connectivity index (χ4v) is 1.33. The molecule has 4 nitrogen and oxygen atoms in total. The van der Waals surface area contributed by atoms with E-state index in [1.165, 1.54) is 6.07 Å². The molecule has 1 aromatic rings. The van der Waals surface area contributed by atoms with E-state index in [0.29, 0.717) is 5.82 Å². The molecule has 0 spiro atoms. The predicted octanol–water partition coefficient (Wildman–Crippen LogP) is 0.523. The summed E-state index contributed by atoms with van der Waals surface area (Å²) in [6.45, 7) is 0. The van der Waals surface area contributed by atoms with Gasteiger partial charge in [0.2, 0.25) is 5.91 Å². The highest BCUT2D eigenvalue weighted by Gasteiger charge is 2.19. The van der Waals surface area contributed by atoms with Gasteiger partial charge in [0.1, 0.15) is 10.8 Å². The molecule has 0 saturated heterocycles. The number of aromatic nitrogens is 1. The van der Waals surface area contributed by atoms with Gasteiger partial charge in [0.25, 0.3) is 5.56 Å². The number of fused-ring (bicyclic) bond motifs is 1. The van der Waals surface area contributed by atoms with Crippen molar-refractivity contribution in [3.63, 3.8) is 0 Å². The van der Waals surface area contributed by atoms with E-state index >= 15 is 0 Å². The summed E-state index contributed by atoms with van der Waals surface area (Å²) >= 11 is 5.56. The Hall–Kier alpha value is -1.29. The zero-order valence-corrected chi connectivity index (χ0v) is 6.73. The van der Waals surface area contributed by atoms with Crippen LogP contribution in [-0.2, 0) is 11.2 Å². The maximum absolute atomic E-state index is 10.9. The average Bonchev–Trinajstić information content (AvgIpc) is 2.30. The molecule has 5 heteroatoms. The number of aromatic amines is 1. The van der Waals surface area contributed by atoms with Crippen molar-refractivity contribution in [1.82, 2.24) is 4.98 Å². The van der Waals surface area contributed by atoms with E-state index in [-0.39, 0.29) is 22.9 Å². The van der Waals surface area contributed by atoms with Crippen molar-refractivity contribution in [2.24, 2.45) is 0 Å². The van der Waals surface area contributed by atoms with Crippen molar-refractivity contribution in [2.75, 3.05) is 5.32 Å². The number of hydrogen-bond acceptors (Lipinski definition) is 2. The summed E-state index contributed by atoms with van der Waals surface area (Å²) in [5.74, 6) is 0.345. The Morgan fingerprint density at radius 2 is 2.17 bits per heavy atom. The molecule has 62 valence electrons. The van der Waals surface area contributed by atoms with Crippen LogP contribution in [0.4, 0.5) is 5.82 Å². The summed E-state index contributed by atoms with van der Waals surface area (Å²) in [5, 5.41) is 2.63. The number of H-pyrrole nitrogens is 1. The van der Waals surface area contributed by atoms with Crippen molar-refractivity contribution in [3.05, 3.63) is 27.0 Å². The molecular formula is C7H5ClN2O2. The number of pyridine rings is 1. The van der Waals surface area contributed by atoms with Gasteiger partial charge < -0.3 is 10.3 Å². The van der Waals surface area contributed by atoms with Crippen LogP contribution in [0.1, 0.15) is 5.56 Å². The van der Waals surface area contributed by atoms with Crippen LogP contribution in [0, 0.1) is 0 Å². The van der Waals surface area contributed by atoms with Gasteiger partial charge in [-0.25, -0.2) is 0 Å². The van der Waals surface area contributed by atoms with Crippen LogP contribution >= 0.6 is 11.6 Å². The number of anilines is 1. The van der Waals surface area contributed by atoms with E-state index in [1.807, 2.05) is 0 Å². The van der Waals surface area contributed by atoms with Gasteiger partial charge in [-0.15, -0.1) is 0 Å². The van der Waals surface area contributed by atoms with Crippen LogP contribution in [0.15, 0.2) is 10.9 Å². The van der Waals surface area contributed by atoms with E-state index in [4.69, 9.17) is 11.6 Å². The van der Waals surface area contributed by atoms with Crippen molar-refractivity contribution in [2.45, 2.75) is 6.42 Å². The molecule has 0 fully saturated rings. The molecule has 0 aromatic carbocycles. The number of carbonyl (C=O) groups is 1. The molecule has 0 unspecified atom stereocenters. The van der Waals surface area contributed by atoms with Gasteiger partial charge in [-0.2, -0.15) is 0 Å². The third-order valence-electron chi connectivity index (χ3n) is 1.69. The molecule has 0 bridgehead atoms. The molecule has 1 amide bonds. The molecule has 0 radical (unpaired) electrons. The Kier molecular flexibility index (Phi) is 1.44. The van der Waals surface area contributed by atoms with Crippen LogP contribution in [-0.4, -0.2) is 10.9 Å². The summed E-state index contributed by atoms with van der Waals surface area (Å²) in [4.78, 5) is 24.3. The van der Waals surface area contributed by atoms with Crippen LogP contribution in [0.5, 0.6) is 0 Å². The van der Waals surface area contributed by atoms with Crippen LogP contribution in [0.3, 0.4) is 0 Å². The first-order valence-electron chi connectivity index (χ1n) is 3.38. The number of nitrogens with one attached hydrogen (secondary N) is 2. The highest BCUT2D eigenvalue weighted by molar-refractivity contribution is 6.30. The van der Waals surface area contributed by atoms with E-state index in [0.717, 1.165) is 5.56 Å². The molecule has 1 aromatic heterocycles. The Bertz CT molecular complexity index is 410. The highest BCUT2D eigenvalue weighted by Crippen LogP contribution is 2.20. The normalized spacial score (nSPS) is 14.2. The van der Waals surface area contributed by atoms with Gasteiger partial charge in [0, 0.05) is 5.56 Å². The quantitative estimate of drug-likeness (QED) is 0.618. The molecule has 0 atom stereocenters. The van der Waals surface area contributed by atoms with E-state index < -0.39 is 0 Å². The second-order valence-electron chi connectivity index (χ2n) is 2.57. The van der Waals surface area contributed by atoms with Gasteiger partial charge in [-0.3, -0.25) is 9.59 Å². The molecule has 2 N–H and O–H groups in total. The Balaban J connectivity index is 2.63. The lowest BCUT2D eigenvalue weighted by Crippen LogP contribution is -2.09. The highest BCUT2D eigenvalue weighted by atomic mass is 35.5. The molecule has 0 aliphatic carbocycles. The minimum Gasteiger partial charge on any atom is -0.312 e. The lowest BCUT2D eigenvalue weighted by Gasteiger charge is -1.96. The number of hydrogen-bond donors (Lipinski definition) is 2. The maximum atomic E-state index is 10.9. The Morgan fingerprint density at radius 3 is 2.92 bits per heavy atom. The third-order valence-corrected chi connectivity index (χ3v) is 1.97. The predicted molar refractivity (Wildman–Crippen MR) is 44.4 cm³/mol. The summed E-state index contributed by atoms with van der Waals surface area (Å²) < 4.78 is 0. The van der Waals surface area contributed by atoms with E-state index in [9.17, 15) is 9.59 Å². The first-order chi connectivity index (χ1) is 5.66. The summed E-state index contributed by atoms with van der Waals surface area (Å²) in [6, 6.07) is 1.51. The lowest BCUT2D eigenvalue weighted by atomic mass is 10.2. The summed E-state index contributed by atoms with van der Waals surface area (Å²) in [6.07, 6.45) is 0.284. The van der Waals surface area contributed by atoms with Crippen LogP contribution in [0.25, 0.3) is 0 Å². The van der Waals surface area contributed by atoms with Gasteiger partial charge in [0.15, 0.2) is 0 Å². The van der Waals surface area contributed by atoms with Gasteiger partial charge in [-0.1, -0.05) is 11.6 Å². The number of amides is 1. The monoisotopic (exact) mass is 184 g/mol. The average molecular weight is 185 g/mol. The number of halogens is 1. The van der Waals surface area contributed by atoms with Crippen LogP contribution < -0.4 is 10.9 Å². The SMILES string of the molecule is O=C1Cc2cc(Cl)c(=O)[nH]c2N1. The molecule has 2 heterocycles. The fourth-order valence-electron chi connectivity index (χ4n) is 1.15. The molecule has 0 saturated carbocycles. The Morgan fingerprint density at radius 1 is 1.42 bits per heavy atom. The Labute approximate surface area is 72.6 Å². The number of rotatable bonds is 0. The minimum absolute atomic E-state index is 0.116. The van der Waals surface area contributed by atoms with E-state index in [2.05, 4.69) is 10.3 Å². The van der Waals surface area contributed by atoms with Crippen molar-refractivity contribution in [3.8, 4) is 0 Å². The van der Waals surface area contributed by atoms with E-state index in [1.54, 1.807) is 0 Å². The number of carbonyl (C=O) groups excluding carboxylic acids is 1. The smallest absolute Gasteiger partial charge is 0.268 e. The summed E-state index contributed by atoms with van der Waals surface area (Å²) in [7, 11) is 0. The first kappa shape index (κ1) is 7.36. The van der Waals surface area contributed by atoms with Gasteiger partial charge in [-0.05, 0) is 6.07 Å². The third kappa shape index (κ3) is 1.00. The standard InChI is InChI=1S/C7H5ClN2O2/c8-4-1-3-2-5(11)9-6(3)10-7(4)12/h1H,2H2,(H2,9,10,11,12). The second-order valence-corrected chi connectivity index (χ2v) is 2.98. The lowest BCUT2D eigenvalue weighted by molar-refractivity contribution is -0.115. The topological polar surface area (TPSA) is 62.0 Å². The fraction of sp³-hybridized carbons (Fsp3) is 0.143. The van der Waals surface area contributed by atoms with Crippen molar-refractivity contribution < 1.29 is 4.79 Å². The maximum Gasteiger partial charge on any atom is 0.268 e. The molecular weight excluding hydrogens is 180 g/mol. The second kappa shape index (κ2) is 2.35. The first-order valence-corrected chi connectivity index (χ1v) is 3.76. The van der Waals surface area contributed by atoms with Crippen LogP contribution in [0.2, 0.25) is 5.02 Å². The van der Waals surface area contributed by atoms with Crippen molar-refractivity contribution in [1.29, 1.82) is 0 Å². The van der Waals surface area contributed by atoms with Gasteiger partial charge in [0.05, 0.1) is 6.42 Å². The summed E-state index contributed by atoms with van der Waals surface area (Å²) in [5.41, 5.74) is 0.363. The van der Waals surface area contributed by atoms with Crippen molar-refractivity contribution >= 4 is 23.3 Å². The zero-order chi connectivity index (χ0) is 8.72. The largest absolute Gasteiger partial charge is 0.312 e. The molecule has 1 aliphatic rings. The molecule has 1 aliphatic heterocycles. The zero-order valence-electron chi connectivity index (χ0n) is 5.98.